The Morgan fingerprint density at radius 1 is 1.22 bits per heavy atom. The molecule has 1 aliphatic carbocycles. The van der Waals surface area contributed by atoms with Gasteiger partial charge in [0.1, 0.15) is 0 Å². The van der Waals surface area contributed by atoms with Gasteiger partial charge in [0, 0.05) is 5.69 Å². The number of hydrogen-bond acceptors (Lipinski definition) is 2. The van der Waals surface area contributed by atoms with Crippen molar-refractivity contribution in [3.05, 3.63) is 29.8 Å². The summed E-state index contributed by atoms with van der Waals surface area (Å²) < 4.78 is 0. The molecule has 0 amide bonds. The third-order valence-corrected chi connectivity index (χ3v) is 4.53. The van der Waals surface area contributed by atoms with Gasteiger partial charge in [0.25, 0.3) is 0 Å². The highest BCUT2D eigenvalue weighted by atomic mass is 16.3. The van der Waals surface area contributed by atoms with Gasteiger partial charge in [-0.15, -0.1) is 0 Å². The average Bonchev–Trinajstić information content (AvgIpc) is 2.37. The van der Waals surface area contributed by atoms with E-state index in [2.05, 4.69) is 50.4 Å². The Morgan fingerprint density at radius 3 is 2.44 bits per heavy atom. The standard InChI is InChI=1S/C16H25NO/c1-12-4-6-15(7-5-12)17-16(11-18)9-8-13(2)14(3)10-16/h4-7,13-14,17-18H,8-11H2,1-3H3. The van der Waals surface area contributed by atoms with Crippen molar-refractivity contribution in [1.29, 1.82) is 0 Å². The van der Waals surface area contributed by atoms with Gasteiger partial charge in [-0.05, 0) is 50.2 Å². The van der Waals surface area contributed by atoms with Crippen LogP contribution >= 0.6 is 0 Å². The second kappa shape index (κ2) is 5.31. The highest BCUT2D eigenvalue weighted by molar-refractivity contribution is 5.47. The number of anilines is 1. The maximum absolute atomic E-state index is 9.80. The lowest BCUT2D eigenvalue weighted by atomic mass is 9.71. The number of aliphatic hydroxyl groups is 1. The zero-order valence-corrected chi connectivity index (χ0v) is 11.7. The Morgan fingerprint density at radius 2 is 1.89 bits per heavy atom. The lowest BCUT2D eigenvalue weighted by Gasteiger charge is -2.43. The SMILES string of the molecule is Cc1ccc(NC2(CO)CCC(C)C(C)C2)cc1. The minimum Gasteiger partial charge on any atom is -0.394 e. The van der Waals surface area contributed by atoms with Gasteiger partial charge in [0.15, 0.2) is 0 Å². The molecule has 1 aliphatic rings. The zero-order valence-electron chi connectivity index (χ0n) is 11.7. The molecule has 2 rings (SSSR count). The molecule has 0 heterocycles. The molecule has 2 nitrogen and oxygen atoms in total. The largest absolute Gasteiger partial charge is 0.394 e. The summed E-state index contributed by atoms with van der Waals surface area (Å²) in [5.74, 6) is 1.44. The van der Waals surface area contributed by atoms with Crippen LogP contribution in [0.5, 0.6) is 0 Å². The van der Waals surface area contributed by atoms with Gasteiger partial charge >= 0.3 is 0 Å². The molecule has 0 saturated heterocycles. The normalized spacial score (nSPS) is 32.2. The van der Waals surface area contributed by atoms with E-state index >= 15 is 0 Å². The highest BCUT2D eigenvalue weighted by Gasteiger charge is 2.37. The minimum atomic E-state index is -0.124. The summed E-state index contributed by atoms with van der Waals surface area (Å²) in [6.45, 7) is 6.93. The van der Waals surface area contributed by atoms with Crippen molar-refractivity contribution in [3.8, 4) is 0 Å². The fourth-order valence-electron chi connectivity index (χ4n) is 2.95. The average molecular weight is 247 g/mol. The molecule has 100 valence electrons. The summed E-state index contributed by atoms with van der Waals surface area (Å²) in [5.41, 5.74) is 2.27. The number of hydrogen-bond donors (Lipinski definition) is 2. The summed E-state index contributed by atoms with van der Waals surface area (Å²) in [6, 6.07) is 8.44. The summed E-state index contributed by atoms with van der Waals surface area (Å²) >= 11 is 0. The molecule has 1 saturated carbocycles. The van der Waals surface area contributed by atoms with Crippen molar-refractivity contribution < 1.29 is 5.11 Å². The smallest absolute Gasteiger partial charge is 0.0661 e. The lowest BCUT2D eigenvalue weighted by Crippen LogP contribution is -2.47. The van der Waals surface area contributed by atoms with Gasteiger partial charge in [-0.25, -0.2) is 0 Å². The van der Waals surface area contributed by atoms with E-state index in [1.54, 1.807) is 0 Å². The van der Waals surface area contributed by atoms with Gasteiger partial charge in [-0.3, -0.25) is 0 Å². The number of nitrogens with one attached hydrogen (secondary N) is 1. The number of aliphatic hydroxyl groups excluding tert-OH is 1. The fourth-order valence-corrected chi connectivity index (χ4v) is 2.95. The van der Waals surface area contributed by atoms with Crippen LogP contribution in [0.15, 0.2) is 24.3 Å². The molecule has 0 bridgehead atoms. The van der Waals surface area contributed by atoms with Crippen molar-refractivity contribution in [2.45, 2.75) is 45.6 Å². The van der Waals surface area contributed by atoms with E-state index in [0.29, 0.717) is 5.92 Å². The third kappa shape index (κ3) is 2.86. The Balaban J connectivity index is 2.11. The van der Waals surface area contributed by atoms with E-state index in [9.17, 15) is 5.11 Å². The van der Waals surface area contributed by atoms with Crippen LogP contribution in [-0.2, 0) is 0 Å². The second-order valence-corrected chi connectivity index (χ2v) is 6.13. The van der Waals surface area contributed by atoms with Crippen LogP contribution in [0.1, 0.15) is 38.7 Å². The van der Waals surface area contributed by atoms with Gasteiger partial charge in [-0.2, -0.15) is 0 Å². The van der Waals surface area contributed by atoms with Crippen molar-refractivity contribution in [2.24, 2.45) is 11.8 Å². The van der Waals surface area contributed by atoms with Crippen LogP contribution in [0, 0.1) is 18.8 Å². The minimum absolute atomic E-state index is 0.124. The molecule has 0 radical (unpaired) electrons. The molecule has 0 aromatic heterocycles. The van der Waals surface area contributed by atoms with Crippen LogP contribution in [0.2, 0.25) is 0 Å². The van der Waals surface area contributed by atoms with E-state index in [0.717, 1.165) is 24.4 Å². The molecule has 2 heteroatoms. The van der Waals surface area contributed by atoms with Crippen molar-refractivity contribution in [2.75, 3.05) is 11.9 Å². The van der Waals surface area contributed by atoms with Crippen molar-refractivity contribution >= 4 is 5.69 Å². The molecule has 2 N–H and O–H groups in total. The van der Waals surface area contributed by atoms with E-state index < -0.39 is 0 Å². The molecular formula is C16H25NO. The maximum atomic E-state index is 9.80. The number of aryl methyl sites for hydroxylation is 1. The Labute approximate surface area is 110 Å². The first kappa shape index (κ1) is 13.4. The molecule has 1 aromatic carbocycles. The molecule has 18 heavy (non-hydrogen) atoms. The van der Waals surface area contributed by atoms with Crippen molar-refractivity contribution in [3.63, 3.8) is 0 Å². The predicted octanol–water partition coefficient (Wildman–Crippen LogP) is 3.59. The van der Waals surface area contributed by atoms with Gasteiger partial charge in [0.05, 0.1) is 12.1 Å². The first-order valence-corrected chi connectivity index (χ1v) is 7.00. The molecule has 1 fully saturated rings. The monoisotopic (exact) mass is 247 g/mol. The molecule has 3 atom stereocenters. The summed E-state index contributed by atoms with van der Waals surface area (Å²) in [4.78, 5) is 0. The number of benzene rings is 1. The lowest BCUT2D eigenvalue weighted by molar-refractivity contribution is 0.121. The van der Waals surface area contributed by atoms with Crippen LogP contribution in [-0.4, -0.2) is 17.3 Å². The summed E-state index contributed by atoms with van der Waals surface area (Å²) in [7, 11) is 0. The van der Waals surface area contributed by atoms with Crippen molar-refractivity contribution in [1.82, 2.24) is 0 Å². The summed E-state index contributed by atoms with van der Waals surface area (Å²) in [6.07, 6.45) is 3.31. The molecule has 0 spiro atoms. The third-order valence-electron chi connectivity index (χ3n) is 4.53. The van der Waals surface area contributed by atoms with Gasteiger partial charge in [-0.1, -0.05) is 31.5 Å². The Kier molecular flexibility index (Phi) is 3.96. The highest BCUT2D eigenvalue weighted by Crippen LogP contribution is 2.38. The van der Waals surface area contributed by atoms with E-state index in [1.165, 1.54) is 12.0 Å². The predicted molar refractivity (Wildman–Crippen MR) is 76.8 cm³/mol. The summed E-state index contributed by atoms with van der Waals surface area (Å²) in [5, 5.41) is 13.4. The van der Waals surface area contributed by atoms with Crippen LogP contribution < -0.4 is 5.32 Å². The quantitative estimate of drug-likeness (QED) is 0.855. The molecule has 1 aromatic rings. The fraction of sp³-hybridized carbons (Fsp3) is 0.625. The van der Waals surface area contributed by atoms with Crippen LogP contribution in [0.25, 0.3) is 0 Å². The molecule has 3 unspecified atom stereocenters. The number of rotatable bonds is 3. The van der Waals surface area contributed by atoms with E-state index in [1.807, 2.05) is 0 Å². The topological polar surface area (TPSA) is 32.3 Å². The Bertz CT molecular complexity index is 387. The van der Waals surface area contributed by atoms with Crippen LogP contribution in [0.4, 0.5) is 5.69 Å². The van der Waals surface area contributed by atoms with Crippen LogP contribution in [0.3, 0.4) is 0 Å². The van der Waals surface area contributed by atoms with E-state index in [-0.39, 0.29) is 12.1 Å². The molecule has 0 aliphatic heterocycles. The first-order chi connectivity index (χ1) is 8.54. The first-order valence-electron chi connectivity index (χ1n) is 7.00. The van der Waals surface area contributed by atoms with Gasteiger partial charge in [0.2, 0.25) is 0 Å². The Hall–Kier alpha value is -1.02. The van der Waals surface area contributed by atoms with E-state index in [4.69, 9.17) is 0 Å². The zero-order chi connectivity index (χ0) is 13.2. The molecular weight excluding hydrogens is 222 g/mol. The second-order valence-electron chi connectivity index (χ2n) is 6.13. The maximum Gasteiger partial charge on any atom is 0.0661 e. The van der Waals surface area contributed by atoms with Gasteiger partial charge < -0.3 is 10.4 Å².